The van der Waals surface area contributed by atoms with Crippen molar-refractivity contribution in [2.75, 3.05) is 16.8 Å². The number of amides is 1. The number of pyridine rings is 1. The summed E-state index contributed by atoms with van der Waals surface area (Å²) in [6, 6.07) is 4.28. The lowest BCUT2D eigenvalue weighted by Crippen LogP contribution is -2.46. The van der Waals surface area contributed by atoms with Crippen LogP contribution in [-0.2, 0) is 20.5 Å². The second-order valence-corrected chi connectivity index (χ2v) is 9.74. The zero-order valence-corrected chi connectivity index (χ0v) is 20.6. The van der Waals surface area contributed by atoms with Crippen LogP contribution in [0.2, 0.25) is 5.02 Å². The monoisotopic (exact) mass is 528 g/mol. The third-order valence-electron chi connectivity index (χ3n) is 5.32. The maximum absolute atomic E-state index is 13.4. The summed E-state index contributed by atoms with van der Waals surface area (Å²) in [6.45, 7) is 6.04. The Kier molecular flexibility index (Phi) is 7.49. The first-order valence-corrected chi connectivity index (χ1v) is 11.2. The Bertz CT molecular complexity index is 1200. The van der Waals surface area contributed by atoms with Crippen LogP contribution in [0.1, 0.15) is 38.4 Å². The van der Waals surface area contributed by atoms with Gasteiger partial charge in [-0.2, -0.15) is 13.2 Å². The first-order chi connectivity index (χ1) is 16.6. The summed E-state index contributed by atoms with van der Waals surface area (Å²) in [4.78, 5) is 42.0. The molecule has 9 nitrogen and oxygen atoms in total. The van der Waals surface area contributed by atoms with Crippen molar-refractivity contribution in [3.63, 3.8) is 0 Å². The van der Waals surface area contributed by atoms with Crippen LogP contribution in [0.15, 0.2) is 30.3 Å². The average Bonchev–Trinajstić information content (AvgIpc) is 3.06. The van der Waals surface area contributed by atoms with E-state index in [9.17, 15) is 32.9 Å². The standard InChI is InChI=1S/C23H24ClF3N4O5/c1-12-8-14(23(25,26)27)10-17(29-12)30-18(32)9-13(20(30)21(33)36-22(2,3)4)11-28-19-15(24)6-5-7-16(19)31(34)35/h5-8,10,13,20,28H,9,11H2,1-4H3/t13-,20+/m1/s1. The maximum Gasteiger partial charge on any atom is 0.416 e. The van der Waals surface area contributed by atoms with Gasteiger partial charge in [-0.3, -0.25) is 19.8 Å². The van der Waals surface area contributed by atoms with Crippen molar-refractivity contribution in [3.05, 3.63) is 56.7 Å². The van der Waals surface area contributed by atoms with Gasteiger partial charge in [0.1, 0.15) is 23.1 Å². The summed E-state index contributed by atoms with van der Waals surface area (Å²) in [5.41, 5.74) is -2.29. The molecular formula is C23H24ClF3N4O5. The van der Waals surface area contributed by atoms with E-state index in [1.807, 2.05) is 0 Å². The second-order valence-electron chi connectivity index (χ2n) is 9.33. The van der Waals surface area contributed by atoms with Crippen LogP contribution in [-0.4, -0.2) is 40.0 Å². The number of ether oxygens (including phenoxy) is 1. The summed E-state index contributed by atoms with van der Waals surface area (Å²) >= 11 is 6.12. The van der Waals surface area contributed by atoms with E-state index in [4.69, 9.17) is 16.3 Å². The van der Waals surface area contributed by atoms with Crippen LogP contribution >= 0.6 is 11.6 Å². The molecule has 1 amide bonds. The Hall–Kier alpha value is -3.41. The van der Waals surface area contributed by atoms with Crippen molar-refractivity contribution >= 4 is 40.7 Å². The van der Waals surface area contributed by atoms with Crippen LogP contribution in [0.3, 0.4) is 0 Å². The van der Waals surface area contributed by atoms with Crippen LogP contribution < -0.4 is 10.2 Å². The van der Waals surface area contributed by atoms with Crippen LogP contribution in [0.5, 0.6) is 0 Å². The summed E-state index contributed by atoms with van der Waals surface area (Å²) in [6.07, 6.45) is -4.94. The third-order valence-corrected chi connectivity index (χ3v) is 5.64. The number of nitro groups is 1. The van der Waals surface area contributed by atoms with Gasteiger partial charge in [0.25, 0.3) is 5.69 Å². The predicted octanol–water partition coefficient (Wildman–Crippen LogP) is 5.15. The first kappa shape index (κ1) is 27.2. The number of nitrogens with one attached hydrogen (secondary N) is 1. The number of alkyl halides is 3. The molecule has 0 radical (unpaired) electrons. The highest BCUT2D eigenvalue weighted by Gasteiger charge is 2.48. The Morgan fingerprint density at radius 2 is 1.97 bits per heavy atom. The minimum Gasteiger partial charge on any atom is -0.458 e. The van der Waals surface area contributed by atoms with Crippen LogP contribution in [0, 0.1) is 23.0 Å². The molecular weight excluding hydrogens is 505 g/mol. The lowest BCUT2D eigenvalue weighted by atomic mass is 9.99. The van der Waals surface area contributed by atoms with Crippen molar-refractivity contribution in [1.29, 1.82) is 0 Å². The van der Waals surface area contributed by atoms with E-state index in [0.29, 0.717) is 6.07 Å². The molecule has 1 N–H and O–H groups in total. The average molecular weight is 529 g/mol. The fourth-order valence-corrected chi connectivity index (χ4v) is 4.16. The van der Waals surface area contributed by atoms with E-state index in [1.54, 1.807) is 20.8 Å². The van der Waals surface area contributed by atoms with Gasteiger partial charge in [0, 0.05) is 30.6 Å². The number of hydrogen-bond acceptors (Lipinski definition) is 7. The number of aryl methyl sites for hydroxylation is 1. The summed E-state index contributed by atoms with van der Waals surface area (Å²) < 4.78 is 45.8. The number of carbonyl (C=O) groups is 2. The van der Waals surface area contributed by atoms with Gasteiger partial charge in [-0.1, -0.05) is 17.7 Å². The largest absolute Gasteiger partial charge is 0.458 e. The van der Waals surface area contributed by atoms with Gasteiger partial charge in [-0.15, -0.1) is 0 Å². The van der Waals surface area contributed by atoms with Crippen LogP contribution in [0.4, 0.5) is 30.4 Å². The second kappa shape index (κ2) is 9.92. The van der Waals surface area contributed by atoms with E-state index >= 15 is 0 Å². The number of esters is 1. The predicted molar refractivity (Wildman–Crippen MR) is 126 cm³/mol. The van der Waals surface area contributed by atoms with Gasteiger partial charge in [0.05, 0.1) is 15.5 Å². The topological polar surface area (TPSA) is 115 Å². The molecule has 1 aromatic carbocycles. The SMILES string of the molecule is Cc1cc(C(F)(F)F)cc(N2C(=O)C[C@H](CNc3c(Cl)cccc3[N+](=O)[O-])[C@H]2C(=O)OC(C)(C)C)n1. The number of aromatic nitrogens is 1. The highest BCUT2D eigenvalue weighted by atomic mass is 35.5. The molecule has 1 fully saturated rings. The molecule has 1 aliphatic rings. The van der Waals surface area contributed by atoms with E-state index in [1.165, 1.54) is 25.1 Å². The van der Waals surface area contributed by atoms with Crippen molar-refractivity contribution in [3.8, 4) is 0 Å². The molecule has 36 heavy (non-hydrogen) atoms. The molecule has 2 heterocycles. The number of para-hydroxylation sites is 1. The zero-order valence-electron chi connectivity index (χ0n) is 19.9. The number of nitrogens with zero attached hydrogens (tertiary/aromatic N) is 3. The molecule has 1 aliphatic heterocycles. The molecule has 194 valence electrons. The molecule has 1 aromatic heterocycles. The highest BCUT2D eigenvalue weighted by molar-refractivity contribution is 6.33. The molecule has 0 unspecified atom stereocenters. The Morgan fingerprint density at radius 1 is 1.31 bits per heavy atom. The number of anilines is 2. The molecule has 0 aliphatic carbocycles. The van der Waals surface area contributed by atoms with E-state index in [2.05, 4.69) is 10.3 Å². The van der Waals surface area contributed by atoms with E-state index < -0.39 is 46.1 Å². The fraction of sp³-hybridized carbons (Fsp3) is 0.435. The summed E-state index contributed by atoms with van der Waals surface area (Å²) in [5, 5.41) is 14.3. The smallest absolute Gasteiger partial charge is 0.416 e. The Balaban J connectivity index is 2.01. The normalized spacial score (nSPS) is 18.3. The molecule has 0 bridgehead atoms. The van der Waals surface area contributed by atoms with Crippen molar-refractivity contribution in [2.45, 2.75) is 51.9 Å². The Morgan fingerprint density at radius 3 is 2.56 bits per heavy atom. The molecule has 3 rings (SSSR count). The quantitative estimate of drug-likeness (QED) is 0.313. The minimum absolute atomic E-state index is 0.00355. The van der Waals surface area contributed by atoms with Gasteiger partial charge < -0.3 is 10.1 Å². The fourth-order valence-electron chi connectivity index (χ4n) is 3.93. The maximum atomic E-state index is 13.4. The number of rotatable bonds is 6. The minimum atomic E-state index is -4.70. The molecule has 2 atom stereocenters. The molecule has 2 aromatic rings. The van der Waals surface area contributed by atoms with E-state index in [0.717, 1.165) is 11.0 Å². The van der Waals surface area contributed by atoms with Gasteiger partial charge in [0.15, 0.2) is 0 Å². The zero-order chi connectivity index (χ0) is 27.0. The summed E-state index contributed by atoms with van der Waals surface area (Å²) in [5.74, 6) is -2.64. The van der Waals surface area contributed by atoms with Gasteiger partial charge in [0.2, 0.25) is 5.91 Å². The van der Waals surface area contributed by atoms with Crippen LogP contribution in [0.25, 0.3) is 0 Å². The van der Waals surface area contributed by atoms with E-state index in [-0.39, 0.29) is 40.9 Å². The lowest BCUT2D eigenvalue weighted by molar-refractivity contribution is -0.383. The number of benzene rings is 1. The molecule has 0 spiro atoms. The number of hydrogen-bond donors (Lipinski definition) is 1. The van der Waals surface area contributed by atoms with Gasteiger partial charge >= 0.3 is 12.1 Å². The van der Waals surface area contributed by atoms with Gasteiger partial charge in [-0.05, 0) is 45.9 Å². The Labute approximate surface area is 209 Å². The van der Waals surface area contributed by atoms with Crippen molar-refractivity contribution < 1.29 is 32.4 Å². The first-order valence-electron chi connectivity index (χ1n) is 10.9. The molecule has 0 saturated carbocycles. The molecule has 13 heteroatoms. The lowest BCUT2D eigenvalue weighted by Gasteiger charge is -2.30. The number of halogens is 4. The van der Waals surface area contributed by atoms with Gasteiger partial charge in [-0.25, -0.2) is 9.78 Å². The van der Waals surface area contributed by atoms with Crippen molar-refractivity contribution in [2.24, 2.45) is 5.92 Å². The summed E-state index contributed by atoms with van der Waals surface area (Å²) in [7, 11) is 0. The van der Waals surface area contributed by atoms with Crippen molar-refractivity contribution in [1.82, 2.24) is 4.98 Å². The number of carbonyl (C=O) groups excluding carboxylic acids is 2. The third kappa shape index (κ3) is 6.04. The number of nitro benzene ring substituents is 1. The molecule has 1 saturated heterocycles. The highest BCUT2D eigenvalue weighted by Crippen LogP contribution is 2.38.